The van der Waals surface area contributed by atoms with Gasteiger partial charge in [0.25, 0.3) is 10.0 Å². The Hall–Kier alpha value is -2.78. The lowest BCUT2D eigenvalue weighted by molar-refractivity contribution is -0.139. The van der Waals surface area contributed by atoms with Crippen LogP contribution in [0.15, 0.2) is 41.3 Å². The van der Waals surface area contributed by atoms with Crippen molar-refractivity contribution in [1.82, 2.24) is 0 Å². The molecule has 0 saturated heterocycles. The number of esters is 2. The Bertz CT molecular complexity index is 1000. The SMILES string of the molecule is COC(=O)Cc1ccc(OC)c(S(=O)(=O)Nc2ccc(Cl)cc2C(=O)OC)c1. The Balaban J connectivity index is 2.49. The van der Waals surface area contributed by atoms with Crippen LogP contribution in [0.4, 0.5) is 5.69 Å². The summed E-state index contributed by atoms with van der Waals surface area (Å²) in [4.78, 5) is 23.2. The van der Waals surface area contributed by atoms with Gasteiger partial charge >= 0.3 is 11.9 Å². The second-order valence-electron chi connectivity index (χ2n) is 5.53. The first-order valence-electron chi connectivity index (χ1n) is 7.86. The second kappa shape index (κ2) is 8.94. The van der Waals surface area contributed by atoms with Crippen LogP contribution in [0, 0.1) is 0 Å². The number of ether oxygens (including phenoxy) is 3. The summed E-state index contributed by atoms with van der Waals surface area (Å²) in [5.41, 5.74) is 0.345. The van der Waals surface area contributed by atoms with Crippen LogP contribution in [0.2, 0.25) is 5.02 Å². The molecular formula is C18H18ClNO7S. The fraction of sp³-hybridized carbons (Fsp3) is 0.222. The summed E-state index contributed by atoms with van der Waals surface area (Å²) >= 11 is 5.89. The molecule has 0 aliphatic rings. The average molecular weight is 428 g/mol. The molecule has 0 aliphatic heterocycles. The molecule has 0 aliphatic carbocycles. The third kappa shape index (κ3) is 4.93. The molecule has 1 N–H and O–H groups in total. The van der Waals surface area contributed by atoms with Gasteiger partial charge in [0.1, 0.15) is 10.6 Å². The second-order valence-corrected chi connectivity index (χ2v) is 7.61. The fourth-order valence-electron chi connectivity index (χ4n) is 2.36. The molecule has 0 heterocycles. The van der Waals surface area contributed by atoms with Crippen molar-refractivity contribution in [2.75, 3.05) is 26.1 Å². The number of nitrogens with one attached hydrogen (secondary N) is 1. The average Bonchev–Trinajstić information content (AvgIpc) is 2.68. The molecule has 0 aromatic heterocycles. The number of carbonyl (C=O) groups is 2. The van der Waals surface area contributed by atoms with E-state index < -0.39 is 22.0 Å². The first-order chi connectivity index (χ1) is 13.2. The Labute approximate surface area is 167 Å². The highest BCUT2D eigenvalue weighted by Crippen LogP contribution is 2.29. The van der Waals surface area contributed by atoms with Gasteiger partial charge in [0, 0.05) is 5.02 Å². The maximum atomic E-state index is 12.9. The van der Waals surface area contributed by atoms with E-state index in [9.17, 15) is 18.0 Å². The summed E-state index contributed by atoms with van der Waals surface area (Å²) in [7, 11) is -0.457. The van der Waals surface area contributed by atoms with E-state index in [-0.39, 0.29) is 33.3 Å². The number of sulfonamides is 1. The van der Waals surface area contributed by atoms with Crippen LogP contribution in [0.1, 0.15) is 15.9 Å². The van der Waals surface area contributed by atoms with Gasteiger partial charge in [-0.05, 0) is 35.9 Å². The predicted octanol–water partition coefficient (Wildman–Crippen LogP) is 2.65. The third-order valence-corrected chi connectivity index (χ3v) is 5.35. The summed E-state index contributed by atoms with van der Waals surface area (Å²) in [6.45, 7) is 0. The van der Waals surface area contributed by atoms with Crippen LogP contribution in [-0.4, -0.2) is 41.7 Å². The molecule has 150 valence electrons. The lowest BCUT2D eigenvalue weighted by atomic mass is 10.1. The van der Waals surface area contributed by atoms with E-state index >= 15 is 0 Å². The number of benzene rings is 2. The fourth-order valence-corrected chi connectivity index (χ4v) is 3.84. The van der Waals surface area contributed by atoms with Crippen molar-refractivity contribution in [2.24, 2.45) is 0 Å². The zero-order valence-corrected chi connectivity index (χ0v) is 16.9. The van der Waals surface area contributed by atoms with Crippen LogP contribution in [-0.2, 0) is 30.7 Å². The van der Waals surface area contributed by atoms with Crippen LogP contribution < -0.4 is 9.46 Å². The van der Waals surface area contributed by atoms with Gasteiger partial charge in [-0.1, -0.05) is 17.7 Å². The van der Waals surface area contributed by atoms with Crippen molar-refractivity contribution in [3.63, 3.8) is 0 Å². The van der Waals surface area contributed by atoms with Crippen LogP contribution in [0.5, 0.6) is 5.75 Å². The monoisotopic (exact) mass is 427 g/mol. The lowest BCUT2D eigenvalue weighted by Crippen LogP contribution is -2.17. The zero-order valence-electron chi connectivity index (χ0n) is 15.3. The number of rotatable bonds is 7. The molecule has 0 amide bonds. The van der Waals surface area contributed by atoms with Crippen molar-refractivity contribution in [3.05, 3.63) is 52.5 Å². The number of anilines is 1. The summed E-state index contributed by atoms with van der Waals surface area (Å²) in [5, 5.41) is 0.237. The number of halogens is 1. The van der Waals surface area contributed by atoms with Crippen LogP contribution in [0.3, 0.4) is 0 Å². The molecule has 2 rings (SSSR count). The summed E-state index contributed by atoms with van der Waals surface area (Å²) in [6.07, 6.45) is -0.114. The molecule has 2 aromatic carbocycles. The van der Waals surface area contributed by atoms with Gasteiger partial charge < -0.3 is 14.2 Å². The first kappa shape index (κ1) is 21.5. The van der Waals surface area contributed by atoms with Gasteiger partial charge in [-0.15, -0.1) is 0 Å². The number of hydrogen-bond donors (Lipinski definition) is 1. The molecule has 0 spiro atoms. The Kier molecular flexibility index (Phi) is 6.87. The molecular weight excluding hydrogens is 410 g/mol. The predicted molar refractivity (Wildman–Crippen MR) is 102 cm³/mol. The number of methoxy groups -OCH3 is 3. The van der Waals surface area contributed by atoms with E-state index in [4.69, 9.17) is 16.3 Å². The van der Waals surface area contributed by atoms with Crippen molar-refractivity contribution < 1.29 is 32.2 Å². The molecule has 0 radical (unpaired) electrons. The summed E-state index contributed by atoms with van der Waals surface area (Å²) in [6, 6.07) is 8.34. The molecule has 28 heavy (non-hydrogen) atoms. The Morgan fingerprint density at radius 1 is 1.04 bits per heavy atom. The van der Waals surface area contributed by atoms with Crippen molar-refractivity contribution in [3.8, 4) is 5.75 Å². The smallest absolute Gasteiger partial charge is 0.340 e. The number of hydrogen-bond acceptors (Lipinski definition) is 7. The summed E-state index contributed by atoms with van der Waals surface area (Å²) in [5.74, 6) is -1.21. The number of carbonyl (C=O) groups excluding carboxylic acids is 2. The lowest BCUT2D eigenvalue weighted by Gasteiger charge is -2.15. The standard InChI is InChI=1S/C18H18ClNO7S/c1-25-15-7-4-11(9-17(21)26-2)8-16(15)28(23,24)20-14-6-5-12(19)10-13(14)18(22)27-3/h4-8,10,20H,9H2,1-3H3. The Morgan fingerprint density at radius 3 is 2.36 bits per heavy atom. The molecule has 0 fully saturated rings. The topological polar surface area (TPSA) is 108 Å². The van der Waals surface area contributed by atoms with E-state index in [0.717, 1.165) is 0 Å². The van der Waals surface area contributed by atoms with Gasteiger partial charge in [0.05, 0.1) is 39.0 Å². The van der Waals surface area contributed by atoms with E-state index in [1.54, 1.807) is 6.07 Å². The first-order valence-corrected chi connectivity index (χ1v) is 9.72. The van der Waals surface area contributed by atoms with E-state index in [1.807, 2.05) is 0 Å². The minimum atomic E-state index is -4.18. The molecule has 10 heteroatoms. The van der Waals surface area contributed by atoms with E-state index in [1.165, 1.54) is 51.7 Å². The van der Waals surface area contributed by atoms with Crippen molar-refractivity contribution in [2.45, 2.75) is 11.3 Å². The molecule has 0 atom stereocenters. The maximum absolute atomic E-state index is 12.9. The van der Waals surface area contributed by atoms with E-state index in [0.29, 0.717) is 5.56 Å². The largest absolute Gasteiger partial charge is 0.495 e. The highest BCUT2D eigenvalue weighted by molar-refractivity contribution is 7.92. The highest BCUT2D eigenvalue weighted by atomic mass is 35.5. The van der Waals surface area contributed by atoms with Crippen molar-refractivity contribution >= 4 is 39.3 Å². The molecule has 0 bridgehead atoms. The maximum Gasteiger partial charge on any atom is 0.340 e. The molecule has 0 unspecified atom stereocenters. The zero-order chi connectivity index (χ0) is 20.9. The van der Waals surface area contributed by atoms with Gasteiger partial charge in [-0.25, -0.2) is 13.2 Å². The van der Waals surface area contributed by atoms with Crippen LogP contribution >= 0.6 is 11.6 Å². The quantitative estimate of drug-likeness (QED) is 0.676. The van der Waals surface area contributed by atoms with Gasteiger partial charge in [-0.3, -0.25) is 9.52 Å². The molecule has 8 nitrogen and oxygen atoms in total. The molecule has 0 saturated carbocycles. The van der Waals surface area contributed by atoms with Crippen molar-refractivity contribution in [1.29, 1.82) is 0 Å². The minimum Gasteiger partial charge on any atom is -0.495 e. The van der Waals surface area contributed by atoms with Gasteiger partial charge in [0.2, 0.25) is 0 Å². The minimum absolute atomic E-state index is 0.0170. The summed E-state index contributed by atoms with van der Waals surface area (Å²) < 4.78 is 42.6. The Morgan fingerprint density at radius 2 is 1.75 bits per heavy atom. The third-order valence-electron chi connectivity index (χ3n) is 3.72. The highest BCUT2D eigenvalue weighted by Gasteiger charge is 2.24. The van der Waals surface area contributed by atoms with Gasteiger partial charge in [-0.2, -0.15) is 0 Å². The van der Waals surface area contributed by atoms with E-state index in [2.05, 4.69) is 14.2 Å². The van der Waals surface area contributed by atoms with Crippen LogP contribution in [0.25, 0.3) is 0 Å². The molecule has 2 aromatic rings. The normalized spacial score (nSPS) is 10.9. The van der Waals surface area contributed by atoms with Gasteiger partial charge in [0.15, 0.2) is 0 Å².